The predicted molar refractivity (Wildman–Crippen MR) is 106 cm³/mol. The number of para-hydroxylation sites is 1. The number of hydrogen-bond donors (Lipinski definition) is 5. The van der Waals surface area contributed by atoms with E-state index in [4.69, 9.17) is 0 Å². The molecule has 0 spiro atoms. The highest BCUT2D eigenvalue weighted by molar-refractivity contribution is 7.92. The lowest BCUT2D eigenvalue weighted by Crippen LogP contribution is -2.15. The molecule has 1 aromatic rings. The Morgan fingerprint density at radius 1 is 1.30 bits per heavy atom. The third-order valence-corrected chi connectivity index (χ3v) is 4.55. The Morgan fingerprint density at radius 3 is 2.74 bits per heavy atom. The molecule has 2 heterocycles. The summed E-state index contributed by atoms with van der Waals surface area (Å²) in [6.07, 6.45) is 7.21. The molecule has 0 saturated heterocycles. The summed E-state index contributed by atoms with van der Waals surface area (Å²) in [7, 11) is -1.58. The number of H-pyrrole nitrogens is 3. The molecule has 8 nitrogen and oxygen atoms in total. The Hall–Kier alpha value is -3.07. The highest BCUT2D eigenvalue weighted by Gasteiger charge is 2.06. The average Bonchev–Trinajstić information content (AvgIpc) is 2.78. The molecule has 5 N–H and O–H groups in total. The molecule has 0 bridgehead atoms. The van der Waals surface area contributed by atoms with Crippen LogP contribution in [0.3, 0.4) is 0 Å². The number of nitrogens with one attached hydrogen (secondary N) is 4. The van der Waals surface area contributed by atoms with Gasteiger partial charge in [-0.1, -0.05) is 31.2 Å². The zero-order chi connectivity index (χ0) is 19.6. The fraction of sp³-hybridized carbons (Fsp3) is 0.222. The number of aryl methyl sites for hydroxylation is 1. The minimum Gasteiger partial charge on any atom is -0.504 e. The maximum absolute atomic E-state index is 11.6. The molecule has 144 valence electrons. The Bertz CT molecular complexity index is 1290. The molecule has 2 aliphatic rings. The van der Waals surface area contributed by atoms with E-state index in [0.717, 1.165) is 23.4 Å². The Kier molecular flexibility index (Phi) is 5.04. The van der Waals surface area contributed by atoms with E-state index < -0.39 is 10.0 Å². The molecule has 9 heteroatoms. The number of aromatic amines is 3. The molecular weight excluding hydrogens is 366 g/mol. The van der Waals surface area contributed by atoms with Gasteiger partial charge in [0.25, 0.3) is 0 Å². The third kappa shape index (κ3) is 4.20. The molecule has 1 aromatic carbocycles. The number of aromatic nitrogens is 4. The van der Waals surface area contributed by atoms with Gasteiger partial charge in [0.05, 0.1) is 22.6 Å². The van der Waals surface area contributed by atoms with Crippen molar-refractivity contribution in [3.8, 4) is 5.75 Å². The first-order chi connectivity index (χ1) is 12.8. The smallest absolute Gasteiger partial charge is 0.229 e. The number of nitrogens with zero attached hydrogens (tertiary/aromatic N) is 1. The van der Waals surface area contributed by atoms with Gasteiger partial charge in [-0.15, -0.1) is 0 Å². The van der Waals surface area contributed by atoms with E-state index in [1.54, 1.807) is 29.0 Å². The van der Waals surface area contributed by atoms with Crippen molar-refractivity contribution in [3.05, 3.63) is 57.6 Å². The van der Waals surface area contributed by atoms with Crippen molar-refractivity contribution in [2.75, 3.05) is 11.0 Å². The van der Waals surface area contributed by atoms with Crippen LogP contribution in [0.25, 0.3) is 12.2 Å². The van der Waals surface area contributed by atoms with Crippen LogP contribution in [-0.2, 0) is 17.1 Å². The second kappa shape index (κ2) is 7.28. The van der Waals surface area contributed by atoms with Crippen molar-refractivity contribution < 1.29 is 13.5 Å². The lowest BCUT2D eigenvalue weighted by Gasteiger charge is -2.06. The standard InChI is InChI=1S/C18H23N5O3S/c1-4-7-14-17-18(23(2)21-14)15(24)11-19-16(20-17)10-12-8-5-6-9-13(12)22-27(3,25)26/h5-11,19-22,24H,4H2,1-3H3/b14-7+,16-10-. The molecule has 0 radical (unpaired) electrons. The molecule has 3 rings (SSSR count). The summed E-state index contributed by atoms with van der Waals surface area (Å²) >= 11 is 0. The van der Waals surface area contributed by atoms with Gasteiger partial charge in [-0.2, -0.15) is 0 Å². The predicted octanol–water partition coefficient (Wildman–Crippen LogP) is 0.955. The van der Waals surface area contributed by atoms with Crippen LogP contribution < -0.4 is 15.6 Å². The van der Waals surface area contributed by atoms with Gasteiger partial charge in [-0.3, -0.25) is 14.5 Å². The van der Waals surface area contributed by atoms with Crippen LogP contribution >= 0.6 is 0 Å². The van der Waals surface area contributed by atoms with E-state index in [1.165, 1.54) is 6.20 Å². The Morgan fingerprint density at radius 2 is 2.04 bits per heavy atom. The van der Waals surface area contributed by atoms with Crippen LogP contribution in [-0.4, -0.2) is 39.5 Å². The summed E-state index contributed by atoms with van der Waals surface area (Å²) in [5.74, 6) is 0.0814. The quantitative estimate of drug-likeness (QED) is 0.457. The van der Waals surface area contributed by atoms with Gasteiger partial charge < -0.3 is 15.1 Å². The van der Waals surface area contributed by atoms with Crippen molar-refractivity contribution >= 4 is 27.9 Å². The van der Waals surface area contributed by atoms with Gasteiger partial charge in [0.2, 0.25) is 10.0 Å². The SMILES string of the molecule is CC/C=c1/[nH]n(C)c2c(O)c[nH]/c(=C/c3ccccc3NS(C)(=O)=O)[nH]c1=2. The first-order valence-corrected chi connectivity index (χ1v) is 10.3. The van der Waals surface area contributed by atoms with Gasteiger partial charge >= 0.3 is 0 Å². The van der Waals surface area contributed by atoms with E-state index in [0.29, 0.717) is 22.1 Å². The van der Waals surface area contributed by atoms with Crippen LogP contribution in [0.4, 0.5) is 5.69 Å². The van der Waals surface area contributed by atoms with Crippen molar-refractivity contribution in [3.63, 3.8) is 0 Å². The summed E-state index contributed by atoms with van der Waals surface area (Å²) in [6.45, 7) is 2.03. The Balaban J connectivity index is 2.32. The van der Waals surface area contributed by atoms with Gasteiger partial charge in [-0.25, -0.2) is 8.42 Å². The van der Waals surface area contributed by atoms with Gasteiger partial charge in [0, 0.05) is 18.8 Å². The first kappa shape index (κ1) is 18.7. The van der Waals surface area contributed by atoms with E-state index in [2.05, 4.69) is 19.8 Å². The van der Waals surface area contributed by atoms with Gasteiger partial charge in [0.1, 0.15) is 10.8 Å². The van der Waals surface area contributed by atoms with Crippen LogP contribution in [0, 0.1) is 10.7 Å². The van der Waals surface area contributed by atoms with Crippen molar-refractivity contribution in [2.45, 2.75) is 13.3 Å². The molecule has 0 amide bonds. The third-order valence-electron chi connectivity index (χ3n) is 3.96. The van der Waals surface area contributed by atoms with E-state index in [9.17, 15) is 13.5 Å². The number of rotatable bonds is 4. The monoisotopic (exact) mass is 389 g/mol. The molecule has 0 saturated carbocycles. The number of anilines is 1. The zero-order valence-electron chi connectivity index (χ0n) is 15.4. The molecule has 0 fully saturated rings. The highest BCUT2D eigenvalue weighted by Crippen LogP contribution is 2.16. The number of hydrogen-bond acceptors (Lipinski definition) is 3. The van der Waals surface area contributed by atoms with E-state index in [1.807, 2.05) is 26.1 Å². The maximum atomic E-state index is 11.6. The lowest BCUT2D eigenvalue weighted by molar-refractivity contribution is 0.460. The molecule has 0 aromatic heterocycles. The van der Waals surface area contributed by atoms with Gasteiger partial charge in [0.15, 0.2) is 5.75 Å². The van der Waals surface area contributed by atoms with Crippen LogP contribution in [0.2, 0.25) is 0 Å². The second-order valence-corrected chi connectivity index (χ2v) is 7.99. The highest BCUT2D eigenvalue weighted by atomic mass is 32.2. The summed E-state index contributed by atoms with van der Waals surface area (Å²) in [5, 5.41) is 15.8. The topological polar surface area (TPSA) is 119 Å². The summed E-state index contributed by atoms with van der Waals surface area (Å²) in [5.41, 5.74) is 1.73. The molecule has 27 heavy (non-hydrogen) atoms. The van der Waals surface area contributed by atoms with Crippen LogP contribution in [0.15, 0.2) is 30.5 Å². The minimum atomic E-state index is -3.40. The fourth-order valence-corrected chi connectivity index (χ4v) is 3.49. The zero-order valence-corrected chi connectivity index (χ0v) is 16.2. The maximum Gasteiger partial charge on any atom is 0.229 e. The summed E-state index contributed by atoms with van der Waals surface area (Å²) in [6, 6.07) is 7.07. The lowest BCUT2D eigenvalue weighted by atomic mass is 10.2. The number of aromatic hydroxyl groups is 1. The van der Waals surface area contributed by atoms with E-state index in [-0.39, 0.29) is 5.75 Å². The molecule has 2 aliphatic heterocycles. The largest absolute Gasteiger partial charge is 0.504 e. The fourth-order valence-electron chi connectivity index (χ4n) is 2.90. The minimum absolute atomic E-state index is 0.0814. The summed E-state index contributed by atoms with van der Waals surface area (Å²) < 4.78 is 27.5. The van der Waals surface area contributed by atoms with Crippen LogP contribution in [0.5, 0.6) is 5.75 Å². The first-order valence-electron chi connectivity index (χ1n) is 8.45. The normalized spacial score (nSPS) is 13.3. The Labute approximate surface area is 156 Å². The van der Waals surface area contributed by atoms with Crippen LogP contribution in [0.1, 0.15) is 18.9 Å². The number of benzene rings is 1. The van der Waals surface area contributed by atoms with Crippen molar-refractivity contribution in [2.24, 2.45) is 7.05 Å². The van der Waals surface area contributed by atoms with Crippen molar-refractivity contribution in [1.82, 2.24) is 19.7 Å². The average molecular weight is 389 g/mol. The summed E-state index contributed by atoms with van der Waals surface area (Å²) in [4.78, 5) is 6.30. The molecule has 0 atom stereocenters. The molecule has 0 unspecified atom stereocenters. The number of sulfonamides is 1. The second-order valence-electron chi connectivity index (χ2n) is 6.24. The molecular formula is C18H23N5O3S. The van der Waals surface area contributed by atoms with Crippen molar-refractivity contribution in [1.29, 1.82) is 0 Å². The molecule has 0 aliphatic carbocycles. The van der Waals surface area contributed by atoms with E-state index >= 15 is 0 Å². The van der Waals surface area contributed by atoms with Gasteiger partial charge in [-0.05, 0) is 18.6 Å².